The minimum Gasteiger partial charge on any atom is -0.481 e. The second-order valence-corrected chi connectivity index (χ2v) is 12.2. The average Bonchev–Trinajstić information content (AvgIpc) is 2.85. The van der Waals surface area contributed by atoms with E-state index in [-0.39, 0.29) is 5.97 Å². The van der Waals surface area contributed by atoms with Crippen molar-refractivity contribution in [2.45, 2.75) is 175 Å². The summed E-state index contributed by atoms with van der Waals surface area (Å²) in [5.74, 6) is 0.348. The highest BCUT2D eigenvalue weighted by atomic mass is 16.6. The first kappa shape index (κ1) is 36.9. The Balaban J connectivity index is 4.02. The summed E-state index contributed by atoms with van der Waals surface area (Å²) in [5.41, 5.74) is -0.424. The second-order valence-electron chi connectivity index (χ2n) is 12.2. The lowest BCUT2D eigenvalue weighted by Gasteiger charge is -2.25. The van der Waals surface area contributed by atoms with Crippen molar-refractivity contribution in [1.82, 2.24) is 4.90 Å². The van der Waals surface area contributed by atoms with Crippen LogP contribution < -0.4 is 0 Å². The van der Waals surface area contributed by atoms with Gasteiger partial charge >= 0.3 is 5.97 Å². The zero-order chi connectivity index (χ0) is 28.3. The van der Waals surface area contributed by atoms with E-state index in [1.54, 1.807) is 0 Å². The molecule has 0 heterocycles. The summed E-state index contributed by atoms with van der Waals surface area (Å²) in [6.45, 7) is 13.3. The third-order valence-electron chi connectivity index (χ3n) is 7.00. The van der Waals surface area contributed by atoms with E-state index in [2.05, 4.69) is 18.7 Å². The van der Waals surface area contributed by atoms with Crippen LogP contribution in [0.4, 0.5) is 0 Å². The minimum absolute atomic E-state index is 0.103. The Bertz CT molecular complexity index is 545. The Hall–Kier alpha value is -1.10. The molecule has 0 radical (unpaired) electrons. The van der Waals surface area contributed by atoms with Crippen LogP contribution in [0.2, 0.25) is 0 Å². The molecule has 0 aliphatic carbocycles. The number of carbonyl (C=O) groups excluding carboxylic acids is 1. The van der Waals surface area contributed by atoms with E-state index in [9.17, 15) is 4.79 Å². The summed E-state index contributed by atoms with van der Waals surface area (Å²) in [7, 11) is 0. The molecule has 0 saturated carbocycles. The fraction of sp³-hybridized carbons (Fsp3) is 0.939. The summed E-state index contributed by atoms with van der Waals surface area (Å²) in [4.78, 5) is 14.8. The lowest BCUT2D eigenvalue weighted by molar-refractivity contribution is -0.156. The number of nitrogens with zero attached hydrogens (tertiary/aromatic N) is 1. The van der Waals surface area contributed by atoms with Crippen LogP contribution in [0, 0.1) is 5.41 Å². The van der Waals surface area contributed by atoms with Gasteiger partial charge in [0, 0.05) is 6.42 Å². The number of unbranched alkanes of at least 4 members (excludes halogenated alkanes) is 17. The molecule has 0 aromatic rings. The molecule has 0 unspecified atom stereocenters. The van der Waals surface area contributed by atoms with Gasteiger partial charge in [-0.1, -0.05) is 117 Å². The molecule has 0 aliphatic heterocycles. The number of ether oxygens (including phenoxy) is 2. The Kier molecular flexibility index (Phi) is 25.4. The summed E-state index contributed by atoms with van der Waals surface area (Å²) in [5, 5.41) is 7.92. The highest BCUT2D eigenvalue weighted by molar-refractivity contribution is 5.72. The molecular formula is C33H66N2O3. The summed E-state index contributed by atoms with van der Waals surface area (Å²) < 4.78 is 11.1. The first-order chi connectivity index (χ1) is 18.3. The van der Waals surface area contributed by atoms with Crippen molar-refractivity contribution in [3.63, 3.8) is 0 Å². The third-order valence-corrected chi connectivity index (χ3v) is 7.00. The summed E-state index contributed by atoms with van der Waals surface area (Å²) in [6.07, 6.45) is 26.1. The molecule has 5 heteroatoms. The van der Waals surface area contributed by atoms with Crippen LogP contribution >= 0.6 is 0 Å². The molecule has 0 saturated heterocycles. The van der Waals surface area contributed by atoms with Gasteiger partial charge in [-0.25, -0.2) is 0 Å². The van der Waals surface area contributed by atoms with Gasteiger partial charge in [-0.15, -0.1) is 0 Å². The van der Waals surface area contributed by atoms with Crippen LogP contribution in [0.1, 0.15) is 169 Å². The van der Waals surface area contributed by atoms with E-state index in [0.717, 1.165) is 45.2 Å². The van der Waals surface area contributed by atoms with E-state index in [1.807, 2.05) is 20.8 Å². The number of rotatable bonds is 27. The molecule has 0 fully saturated rings. The Labute approximate surface area is 237 Å². The van der Waals surface area contributed by atoms with Crippen LogP contribution in [-0.2, 0) is 14.3 Å². The maximum Gasteiger partial charge on any atom is 0.320 e. The maximum absolute atomic E-state index is 12.4. The van der Waals surface area contributed by atoms with Crippen molar-refractivity contribution in [1.29, 1.82) is 5.41 Å². The topological polar surface area (TPSA) is 62.6 Å². The fourth-order valence-corrected chi connectivity index (χ4v) is 4.77. The highest BCUT2D eigenvalue weighted by Gasteiger charge is 2.18. The SMILES string of the molecule is CCCCCCCCCCCCCCN(CCCCCCCC(=N)OCCCCC)CC(=O)OC(C)(C)C. The lowest BCUT2D eigenvalue weighted by Crippen LogP contribution is -2.36. The number of carbonyl (C=O) groups is 1. The molecule has 0 aliphatic rings. The van der Waals surface area contributed by atoms with Crippen molar-refractivity contribution in [2.75, 3.05) is 26.2 Å². The zero-order valence-electron chi connectivity index (χ0n) is 26.3. The van der Waals surface area contributed by atoms with E-state index in [0.29, 0.717) is 19.0 Å². The van der Waals surface area contributed by atoms with Gasteiger partial charge in [0.05, 0.1) is 13.2 Å². The van der Waals surface area contributed by atoms with E-state index in [1.165, 1.54) is 103 Å². The van der Waals surface area contributed by atoms with Gasteiger partial charge in [0.2, 0.25) is 0 Å². The third kappa shape index (κ3) is 27.9. The number of hydrogen-bond donors (Lipinski definition) is 1. The predicted octanol–water partition coefficient (Wildman–Crippen LogP) is 9.86. The molecule has 0 aromatic carbocycles. The molecule has 0 bridgehead atoms. The first-order valence-corrected chi connectivity index (χ1v) is 16.4. The summed E-state index contributed by atoms with van der Waals surface area (Å²) in [6, 6.07) is 0. The fourth-order valence-electron chi connectivity index (χ4n) is 4.77. The van der Waals surface area contributed by atoms with E-state index >= 15 is 0 Å². The van der Waals surface area contributed by atoms with Gasteiger partial charge in [-0.2, -0.15) is 0 Å². The number of esters is 1. The molecule has 1 N–H and O–H groups in total. The normalized spacial score (nSPS) is 11.7. The standard InChI is InChI=1S/C33H66N2O3/c1-6-8-10-11-12-13-14-15-16-17-20-23-27-35(30-32(36)38-33(3,4)5)28-24-21-18-19-22-26-31(34)37-29-25-9-7-2/h34H,6-30H2,1-5H3. The van der Waals surface area contributed by atoms with Gasteiger partial charge in [0.1, 0.15) is 5.60 Å². The predicted molar refractivity (Wildman–Crippen MR) is 164 cm³/mol. The zero-order valence-corrected chi connectivity index (χ0v) is 26.3. The van der Waals surface area contributed by atoms with Gasteiger partial charge < -0.3 is 9.47 Å². The van der Waals surface area contributed by atoms with Crippen LogP contribution in [0.15, 0.2) is 0 Å². The molecule has 0 amide bonds. The molecule has 0 aromatic heterocycles. The number of nitrogens with one attached hydrogen (secondary N) is 1. The highest BCUT2D eigenvalue weighted by Crippen LogP contribution is 2.14. The molecule has 0 rings (SSSR count). The Morgan fingerprint density at radius 2 is 1.05 bits per heavy atom. The smallest absolute Gasteiger partial charge is 0.320 e. The van der Waals surface area contributed by atoms with Crippen molar-refractivity contribution < 1.29 is 14.3 Å². The van der Waals surface area contributed by atoms with Crippen LogP contribution in [-0.4, -0.2) is 48.6 Å². The maximum atomic E-state index is 12.4. The van der Waals surface area contributed by atoms with Gasteiger partial charge in [-0.3, -0.25) is 15.1 Å². The van der Waals surface area contributed by atoms with Gasteiger partial charge in [0.15, 0.2) is 5.90 Å². The van der Waals surface area contributed by atoms with Crippen molar-refractivity contribution in [3.05, 3.63) is 0 Å². The molecule has 0 spiro atoms. The monoisotopic (exact) mass is 539 g/mol. The van der Waals surface area contributed by atoms with Crippen molar-refractivity contribution >= 4 is 11.9 Å². The molecule has 38 heavy (non-hydrogen) atoms. The van der Waals surface area contributed by atoms with Crippen LogP contribution in [0.25, 0.3) is 0 Å². The quantitative estimate of drug-likeness (QED) is 0.0489. The largest absolute Gasteiger partial charge is 0.481 e. The number of hydrogen-bond acceptors (Lipinski definition) is 5. The summed E-state index contributed by atoms with van der Waals surface area (Å²) >= 11 is 0. The van der Waals surface area contributed by atoms with Crippen LogP contribution in [0.3, 0.4) is 0 Å². The molecule has 0 atom stereocenters. The van der Waals surface area contributed by atoms with Gasteiger partial charge in [0.25, 0.3) is 0 Å². The van der Waals surface area contributed by atoms with Gasteiger partial charge in [-0.05, 0) is 59.5 Å². The van der Waals surface area contributed by atoms with E-state index in [4.69, 9.17) is 14.9 Å². The Morgan fingerprint density at radius 3 is 1.53 bits per heavy atom. The van der Waals surface area contributed by atoms with Crippen LogP contribution in [0.5, 0.6) is 0 Å². The molecule has 5 nitrogen and oxygen atoms in total. The Morgan fingerprint density at radius 1 is 0.632 bits per heavy atom. The molecule has 226 valence electrons. The molecular weight excluding hydrogens is 472 g/mol. The van der Waals surface area contributed by atoms with Crippen molar-refractivity contribution in [2.24, 2.45) is 0 Å². The average molecular weight is 539 g/mol. The van der Waals surface area contributed by atoms with E-state index < -0.39 is 5.60 Å². The first-order valence-electron chi connectivity index (χ1n) is 16.4. The van der Waals surface area contributed by atoms with Crippen molar-refractivity contribution in [3.8, 4) is 0 Å². The lowest BCUT2D eigenvalue weighted by atomic mass is 10.1. The minimum atomic E-state index is -0.424. The second kappa shape index (κ2) is 26.1.